The Morgan fingerprint density at radius 3 is 2.47 bits per heavy atom. The number of carboxylic acids is 1. The van der Waals surface area contributed by atoms with Crippen molar-refractivity contribution in [2.75, 3.05) is 5.32 Å². The second-order valence-electron chi connectivity index (χ2n) is 5.97. The number of nitrogens with one attached hydrogen (secondary N) is 1. The fourth-order valence-corrected chi connectivity index (χ4v) is 2.12. The van der Waals surface area contributed by atoms with Gasteiger partial charge in [0, 0.05) is 5.69 Å². The summed E-state index contributed by atoms with van der Waals surface area (Å²) in [5.41, 5.74) is 2.08. The molecule has 0 heterocycles. The summed E-state index contributed by atoms with van der Waals surface area (Å²) in [6.45, 7) is 8.47. The van der Waals surface area contributed by atoms with Crippen molar-refractivity contribution in [3.05, 3.63) is 29.8 Å². The van der Waals surface area contributed by atoms with Crippen LogP contribution in [0.25, 0.3) is 0 Å². The molecule has 3 nitrogen and oxygen atoms in total. The third-order valence-electron chi connectivity index (χ3n) is 3.21. The zero-order valence-corrected chi connectivity index (χ0v) is 12.4. The maximum Gasteiger partial charge on any atom is 0.326 e. The van der Waals surface area contributed by atoms with Gasteiger partial charge in [-0.25, -0.2) is 4.79 Å². The molecule has 0 aliphatic carbocycles. The summed E-state index contributed by atoms with van der Waals surface area (Å²) in [6, 6.07) is 7.44. The number of aliphatic carboxylic acids is 1. The van der Waals surface area contributed by atoms with Crippen LogP contribution in [-0.2, 0) is 10.2 Å². The van der Waals surface area contributed by atoms with Gasteiger partial charge in [0.15, 0.2) is 0 Å². The Labute approximate surface area is 116 Å². The van der Waals surface area contributed by atoms with Crippen LogP contribution in [0.3, 0.4) is 0 Å². The van der Waals surface area contributed by atoms with Crippen molar-refractivity contribution in [1.82, 2.24) is 0 Å². The summed E-state index contributed by atoms with van der Waals surface area (Å²) < 4.78 is 0. The first-order chi connectivity index (χ1) is 8.86. The van der Waals surface area contributed by atoms with E-state index < -0.39 is 12.0 Å². The zero-order valence-electron chi connectivity index (χ0n) is 12.4. The van der Waals surface area contributed by atoms with Gasteiger partial charge in [-0.15, -0.1) is 0 Å². The van der Waals surface area contributed by atoms with Crippen molar-refractivity contribution in [2.24, 2.45) is 0 Å². The molecular formula is C16H25NO2. The van der Waals surface area contributed by atoms with Crippen LogP contribution < -0.4 is 5.32 Å². The molecule has 19 heavy (non-hydrogen) atoms. The molecule has 0 fully saturated rings. The number of hydrogen-bond acceptors (Lipinski definition) is 2. The van der Waals surface area contributed by atoms with Gasteiger partial charge in [0.2, 0.25) is 0 Å². The molecule has 0 aliphatic heterocycles. The summed E-state index contributed by atoms with van der Waals surface area (Å²) >= 11 is 0. The van der Waals surface area contributed by atoms with E-state index in [2.05, 4.69) is 39.1 Å². The van der Waals surface area contributed by atoms with Gasteiger partial charge in [-0.05, 0) is 23.5 Å². The van der Waals surface area contributed by atoms with Gasteiger partial charge in [-0.2, -0.15) is 0 Å². The zero-order chi connectivity index (χ0) is 14.5. The lowest BCUT2D eigenvalue weighted by molar-refractivity contribution is -0.138. The lowest BCUT2D eigenvalue weighted by atomic mass is 9.85. The molecule has 1 unspecified atom stereocenters. The van der Waals surface area contributed by atoms with E-state index in [4.69, 9.17) is 0 Å². The van der Waals surface area contributed by atoms with Crippen molar-refractivity contribution in [3.63, 3.8) is 0 Å². The number of rotatable bonds is 6. The molecule has 0 bridgehead atoms. The van der Waals surface area contributed by atoms with Gasteiger partial charge < -0.3 is 10.4 Å². The summed E-state index contributed by atoms with van der Waals surface area (Å²) in [5, 5.41) is 12.5. The third-order valence-corrected chi connectivity index (χ3v) is 3.21. The smallest absolute Gasteiger partial charge is 0.326 e. The summed E-state index contributed by atoms with van der Waals surface area (Å²) in [4.78, 5) is 11.3. The monoisotopic (exact) mass is 263 g/mol. The van der Waals surface area contributed by atoms with E-state index in [1.807, 2.05) is 18.2 Å². The van der Waals surface area contributed by atoms with Gasteiger partial charge in [0.05, 0.1) is 0 Å². The maximum absolute atomic E-state index is 11.3. The van der Waals surface area contributed by atoms with Crippen molar-refractivity contribution >= 4 is 11.7 Å². The highest BCUT2D eigenvalue weighted by Crippen LogP contribution is 2.30. The SMILES string of the molecule is CCCCC(Nc1ccccc1C(C)(C)C)C(=O)O. The topological polar surface area (TPSA) is 49.3 Å². The predicted octanol–water partition coefficient (Wildman–Crippen LogP) is 4.04. The van der Waals surface area contributed by atoms with Gasteiger partial charge in [-0.1, -0.05) is 58.7 Å². The molecule has 0 spiro atoms. The quantitative estimate of drug-likeness (QED) is 0.814. The first kappa shape index (κ1) is 15.5. The molecule has 0 saturated heterocycles. The Kier molecular flexibility index (Phi) is 5.40. The standard InChI is InChI=1S/C16H25NO2/c1-5-6-10-14(15(18)19)17-13-11-8-7-9-12(13)16(2,3)4/h7-9,11,14,17H,5-6,10H2,1-4H3,(H,18,19). The Morgan fingerprint density at radius 1 is 1.32 bits per heavy atom. The highest BCUT2D eigenvalue weighted by atomic mass is 16.4. The lowest BCUT2D eigenvalue weighted by Gasteiger charge is -2.25. The molecule has 1 aromatic rings. The maximum atomic E-state index is 11.3. The first-order valence-corrected chi connectivity index (χ1v) is 6.95. The molecule has 1 atom stereocenters. The average Bonchev–Trinajstić information content (AvgIpc) is 2.33. The van der Waals surface area contributed by atoms with Gasteiger partial charge in [-0.3, -0.25) is 0 Å². The number of carbonyl (C=O) groups is 1. The number of unbranched alkanes of at least 4 members (excludes halogenated alkanes) is 1. The van der Waals surface area contributed by atoms with E-state index in [0.717, 1.165) is 24.1 Å². The van der Waals surface area contributed by atoms with Gasteiger partial charge in [0.25, 0.3) is 0 Å². The molecular weight excluding hydrogens is 238 g/mol. The van der Waals surface area contributed by atoms with Gasteiger partial charge >= 0.3 is 5.97 Å². The van der Waals surface area contributed by atoms with Crippen LogP contribution in [0.4, 0.5) is 5.69 Å². The molecule has 0 aliphatic rings. The molecule has 0 amide bonds. The van der Waals surface area contributed by atoms with Crippen LogP contribution in [0.15, 0.2) is 24.3 Å². The summed E-state index contributed by atoms with van der Waals surface area (Å²) in [6.07, 6.45) is 2.58. The number of anilines is 1. The average molecular weight is 263 g/mol. The van der Waals surface area contributed by atoms with E-state index in [-0.39, 0.29) is 5.41 Å². The van der Waals surface area contributed by atoms with Crippen LogP contribution in [0, 0.1) is 0 Å². The molecule has 0 radical (unpaired) electrons. The molecule has 1 rings (SSSR count). The molecule has 0 saturated carbocycles. The fourth-order valence-electron chi connectivity index (χ4n) is 2.12. The third kappa shape index (κ3) is 4.58. The van der Waals surface area contributed by atoms with Crippen molar-refractivity contribution in [3.8, 4) is 0 Å². The van der Waals surface area contributed by atoms with Crippen molar-refractivity contribution in [1.29, 1.82) is 0 Å². The number of carboxylic acid groups (broad SMARTS) is 1. The second kappa shape index (κ2) is 6.60. The van der Waals surface area contributed by atoms with Gasteiger partial charge in [0.1, 0.15) is 6.04 Å². The fraction of sp³-hybridized carbons (Fsp3) is 0.562. The summed E-state index contributed by atoms with van der Waals surface area (Å²) in [5.74, 6) is -0.780. The van der Waals surface area contributed by atoms with Crippen LogP contribution in [0.1, 0.15) is 52.5 Å². The van der Waals surface area contributed by atoms with E-state index in [1.54, 1.807) is 0 Å². The van der Waals surface area contributed by atoms with E-state index in [1.165, 1.54) is 0 Å². The minimum absolute atomic E-state index is 0.00258. The van der Waals surface area contributed by atoms with Crippen molar-refractivity contribution < 1.29 is 9.90 Å². The Hall–Kier alpha value is -1.51. The largest absolute Gasteiger partial charge is 0.480 e. The molecule has 106 valence electrons. The Balaban J connectivity index is 2.93. The molecule has 1 aromatic carbocycles. The lowest BCUT2D eigenvalue weighted by Crippen LogP contribution is -2.30. The molecule has 2 N–H and O–H groups in total. The highest BCUT2D eigenvalue weighted by molar-refractivity contribution is 5.77. The van der Waals surface area contributed by atoms with E-state index in [9.17, 15) is 9.90 Å². The Bertz CT molecular complexity index is 421. The van der Waals surface area contributed by atoms with Crippen LogP contribution in [0.5, 0.6) is 0 Å². The van der Waals surface area contributed by atoms with Crippen molar-refractivity contribution in [2.45, 2.75) is 58.4 Å². The van der Waals surface area contributed by atoms with E-state index >= 15 is 0 Å². The number of para-hydroxylation sites is 1. The molecule has 3 heteroatoms. The van der Waals surface area contributed by atoms with Crippen LogP contribution in [0.2, 0.25) is 0 Å². The Morgan fingerprint density at radius 2 is 1.95 bits per heavy atom. The molecule has 0 aromatic heterocycles. The van der Waals surface area contributed by atoms with E-state index in [0.29, 0.717) is 6.42 Å². The minimum Gasteiger partial charge on any atom is -0.480 e. The van der Waals surface area contributed by atoms with Crippen LogP contribution >= 0.6 is 0 Å². The summed E-state index contributed by atoms with van der Waals surface area (Å²) in [7, 11) is 0. The normalized spacial score (nSPS) is 13.1. The number of benzene rings is 1. The highest BCUT2D eigenvalue weighted by Gasteiger charge is 2.21. The van der Waals surface area contributed by atoms with Crippen LogP contribution in [-0.4, -0.2) is 17.1 Å². The minimum atomic E-state index is -0.780. The first-order valence-electron chi connectivity index (χ1n) is 6.95. The second-order valence-corrected chi connectivity index (χ2v) is 5.97. The predicted molar refractivity (Wildman–Crippen MR) is 79.7 cm³/mol. The number of hydrogen-bond donors (Lipinski definition) is 2.